The lowest BCUT2D eigenvalue weighted by Crippen LogP contribution is -2.30. The van der Waals surface area contributed by atoms with Crippen LogP contribution in [0.3, 0.4) is 0 Å². The summed E-state index contributed by atoms with van der Waals surface area (Å²) in [6.07, 6.45) is 1.58. The van der Waals surface area contributed by atoms with Crippen molar-refractivity contribution in [2.45, 2.75) is 13.0 Å². The van der Waals surface area contributed by atoms with Crippen LogP contribution in [0.1, 0.15) is 17.5 Å². The van der Waals surface area contributed by atoms with Gasteiger partial charge in [0.25, 0.3) is 5.91 Å². The van der Waals surface area contributed by atoms with E-state index in [-0.39, 0.29) is 18.9 Å². The van der Waals surface area contributed by atoms with Crippen LogP contribution < -0.4 is 4.74 Å². The molecule has 3 rings (SSSR count). The van der Waals surface area contributed by atoms with E-state index < -0.39 is 5.97 Å². The maximum absolute atomic E-state index is 12.6. The first kappa shape index (κ1) is 20.6. The fourth-order valence-electron chi connectivity index (χ4n) is 2.54. The van der Waals surface area contributed by atoms with Crippen molar-refractivity contribution < 1.29 is 19.4 Å². The zero-order valence-electron chi connectivity index (χ0n) is 14.6. The van der Waals surface area contributed by atoms with Crippen LogP contribution in [0.2, 0.25) is 0 Å². The highest BCUT2D eigenvalue weighted by atomic mass is 79.9. The van der Waals surface area contributed by atoms with Crippen LogP contribution in [-0.2, 0) is 16.2 Å². The Bertz CT molecular complexity index is 946. The largest absolute Gasteiger partial charge is 0.488 e. The zero-order valence-corrected chi connectivity index (χ0v) is 17.9. The Morgan fingerprint density at radius 1 is 1.25 bits per heavy atom. The third-order valence-corrected chi connectivity index (χ3v) is 5.79. The molecule has 0 unspecified atom stereocenters. The second-order valence-electron chi connectivity index (χ2n) is 5.93. The van der Waals surface area contributed by atoms with Crippen LogP contribution in [0.15, 0.2) is 57.9 Å². The number of thiocarbonyl (C=S) groups is 1. The minimum Gasteiger partial charge on any atom is -0.488 e. The van der Waals surface area contributed by atoms with Crippen molar-refractivity contribution in [3.05, 3.63) is 69.0 Å². The van der Waals surface area contributed by atoms with Gasteiger partial charge in [0.05, 0.1) is 11.3 Å². The van der Waals surface area contributed by atoms with Crippen molar-refractivity contribution in [1.29, 1.82) is 0 Å². The topological polar surface area (TPSA) is 66.8 Å². The molecule has 1 heterocycles. The Hall–Kier alpha value is -2.16. The molecule has 1 amide bonds. The molecule has 0 aliphatic carbocycles. The molecular formula is C20H16BrNO4S2. The van der Waals surface area contributed by atoms with Gasteiger partial charge in [0, 0.05) is 16.6 Å². The molecule has 1 fully saturated rings. The number of amides is 1. The minimum atomic E-state index is -0.971. The van der Waals surface area contributed by atoms with Gasteiger partial charge in [-0.15, -0.1) is 0 Å². The number of carbonyl (C=O) groups is 2. The standard InChI is InChI=1S/C20H16BrNO4S2/c21-15-6-7-16(26-12-13-4-2-1-3-5-13)14(10-15)11-17-19(25)22(20(27)28-17)9-8-18(23)24/h1-7,10-11H,8-9,12H2,(H,23,24)/b17-11+. The van der Waals surface area contributed by atoms with E-state index in [0.29, 0.717) is 21.6 Å². The first-order valence-corrected chi connectivity index (χ1v) is 10.4. The zero-order chi connectivity index (χ0) is 20.1. The van der Waals surface area contributed by atoms with Crippen LogP contribution in [-0.4, -0.2) is 32.7 Å². The summed E-state index contributed by atoms with van der Waals surface area (Å²) in [5.74, 6) is -0.616. The van der Waals surface area contributed by atoms with Gasteiger partial charge in [0.2, 0.25) is 0 Å². The third-order valence-electron chi connectivity index (χ3n) is 3.92. The number of carboxylic acids is 1. The molecule has 0 bridgehead atoms. The molecule has 144 valence electrons. The van der Waals surface area contributed by atoms with Crippen LogP contribution in [0.4, 0.5) is 0 Å². The van der Waals surface area contributed by atoms with Gasteiger partial charge in [-0.3, -0.25) is 14.5 Å². The van der Waals surface area contributed by atoms with Gasteiger partial charge < -0.3 is 9.84 Å². The van der Waals surface area contributed by atoms with Crippen molar-refractivity contribution in [2.24, 2.45) is 0 Å². The lowest BCUT2D eigenvalue weighted by Gasteiger charge is -2.12. The molecule has 28 heavy (non-hydrogen) atoms. The Morgan fingerprint density at radius 2 is 2.00 bits per heavy atom. The fourth-order valence-corrected chi connectivity index (χ4v) is 4.22. The van der Waals surface area contributed by atoms with Gasteiger partial charge in [-0.2, -0.15) is 0 Å². The quantitative estimate of drug-likeness (QED) is 0.460. The summed E-state index contributed by atoms with van der Waals surface area (Å²) < 4.78 is 7.16. The lowest BCUT2D eigenvalue weighted by atomic mass is 10.1. The molecule has 0 atom stereocenters. The fraction of sp³-hybridized carbons (Fsp3) is 0.150. The predicted octanol–water partition coefficient (Wildman–Crippen LogP) is 4.70. The Balaban J connectivity index is 1.81. The summed E-state index contributed by atoms with van der Waals surface area (Å²) in [4.78, 5) is 25.2. The normalized spacial score (nSPS) is 15.3. The predicted molar refractivity (Wildman–Crippen MR) is 117 cm³/mol. The van der Waals surface area contributed by atoms with Crippen molar-refractivity contribution in [3.63, 3.8) is 0 Å². The van der Waals surface area contributed by atoms with Crippen LogP contribution in [0, 0.1) is 0 Å². The van der Waals surface area contributed by atoms with Crippen LogP contribution in [0.25, 0.3) is 6.08 Å². The first-order chi connectivity index (χ1) is 13.4. The van der Waals surface area contributed by atoms with E-state index in [0.717, 1.165) is 27.4 Å². The van der Waals surface area contributed by atoms with E-state index in [1.54, 1.807) is 6.08 Å². The van der Waals surface area contributed by atoms with E-state index in [1.807, 2.05) is 48.5 Å². The molecule has 0 saturated carbocycles. The smallest absolute Gasteiger partial charge is 0.305 e. The average Bonchev–Trinajstić information content (AvgIpc) is 2.93. The SMILES string of the molecule is O=C(O)CCN1C(=O)/C(=C\c2cc(Br)ccc2OCc2ccccc2)SC1=S. The number of halogens is 1. The molecule has 0 spiro atoms. The minimum absolute atomic E-state index is 0.0627. The number of hydrogen-bond acceptors (Lipinski definition) is 5. The number of hydrogen-bond donors (Lipinski definition) is 1. The van der Waals surface area contributed by atoms with Crippen molar-refractivity contribution >= 4 is 62.2 Å². The monoisotopic (exact) mass is 477 g/mol. The summed E-state index contributed by atoms with van der Waals surface area (Å²) in [5.41, 5.74) is 1.78. The number of carbonyl (C=O) groups excluding carboxylic acids is 1. The van der Waals surface area contributed by atoms with Crippen LogP contribution >= 0.6 is 39.9 Å². The maximum atomic E-state index is 12.6. The maximum Gasteiger partial charge on any atom is 0.305 e. The Labute approximate surface area is 180 Å². The average molecular weight is 478 g/mol. The summed E-state index contributed by atoms with van der Waals surface area (Å²) in [5, 5.41) is 8.84. The molecule has 1 aliphatic heterocycles. The van der Waals surface area contributed by atoms with Gasteiger partial charge >= 0.3 is 5.97 Å². The highest BCUT2D eigenvalue weighted by molar-refractivity contribution is 9.10. The summed E-state index contributed by atoms with van der Waals surface area (Å²) >= 11 is 9.84. The number of nitrogens with zero attached hydrogens (tertiary/aromatic N) is 1. The van der Waals surface area contributed by atoms with Crippen molar-refractivity contribution in [1.82, 2.24) is 4.90 Å². The number of aliphatic carboxylic acids is 1. The van der Waals surface area contributed by atoms with E-state index in [9.17, 15) is 9.59 Å². The molecule has 0 aromatic heterocycles. The van der Waals surface area contributed by atoms with Gasteiger partial charge in [-0.1, -0.05) is 70.2 Å². The first-order valence-electron chi connectivity index (χ1n) is 8.37. The highest BCUT2D eigenvalue weighted by Gasteiger charge is 2.32. The van der Waals surface area contributed by atoms with Gasteiger partial charge in [0.1, 0.15) is 16.7 Å². The van der Waals surface area contributed by atoms with E-state index in [4.69, 9.17) is 22.1 Å². The van der Waals surface area contributed by atoms with Crippen LogP contribution in [0.5, 0.6) is 5.75 Å². The van der Waals surface area contributed by atoms with E-state index >= 15 is 0 Å². The molecule has 5 nitrogen and oxygen atoms in total. The summed E-state index contributed by atoms with van der Waals surface area (Å²) in [6.45, 7) is 0.468. The molecule has 1 aliphatic rings. The second kappa shape index (κ2) is 9.36. The van der Waals surface area contributed by atoms with Crippen molar-refractivity contribution in [2.75, 3.05) is 6.54 Å². The number of carboxylic acid groups (broad SMARTS) is 1. The molecule has 2 aromatic carbocycles. The molecule has 0 radical (unpaired) electrons. The van der Waals surface area contributed by atoms with E-state index in [1.165, 1.54) is 4.90 Å². The summed E-state index contributed by atoms with van der Waals surface area (Å²) in [6, 6.07) is 15.4. The third kappa shape index (κ3) is 5.21. The van der Waals surface area contributed by atoms with E-state index in [2.05, 4.69) is 15.9 Å². The van der Waals surface area contributed by atoms with Gasteiger partial charge in [-0.05, 0) is 29.8 Å². The van der Waals surface area contributed by atoms with Gasteiger partial charge in [0.15, 0.2) is 0 Å². The molecular weight excluding hydrogens is 462 g/mol. The Kier molecular flexibility index (Phi) is 6.88. The summed E-state index contributed by atoms with van der Waals surface area (Å²) in [7, 11) is 0. The molecule has 8 heteroatoms. The second-order valence-corrected chi connectivity index (χ2v) is 8.52. The number of rotatable bonds is 7. The number of ether oxygens (including phenoxy) is 1. The highest BCUT2D eigenvalue weighted by Crippen LogP contribution is 2.35. The lowest BCUT2D eigenvalue weighted by molar-refractivity contribution is -0.137. The number of benzene rings is 2. The molecule has 2 aromatic rings. The Morgan fingerprint density at radius 3 is 2.71 bits per heavy atom. The van der Waals surface area contributed by atoms with Gasteiger partial charge in [-0.25, -0.2) is 0 Å². The molecule has 1 saturated heterocycles. The molecule has 1 N–H and O–H groups in total. The van der Waals surface area contributed by atoms with Crippen molar-refractivity contribution in [3.8, 4) is 5.75 Å². The number of thioether (sulfide) groups is 1.